The van der Waals surface area contributed by atoms with Crippen LogP contribution in [0.3, 0.4) is 0 Å². The second-order valence-electron chi connectivity index (χ2n) is 4.86. The second-order valence-corrected chi connectivity index (χ2v) is 5.78. The van der Waals surface area contributed by atoms with Crippen LogP contribution in [0.4, 0.5) is 5.69 Å². The van der Waals surface area contributed by atoms with Crippen molar-refractivity contribution in [2.75, 3.05) is 5.32 Å². The molecule has 3 heteroatoms. The van der Waals surface area contributed by atoms with Crippen LogP contribution >= 0.6 is 15.9 Å². The summed E-state index contributed by atoms with van der Waals surface area (Å²) in [5, 5.41) is 3.01. The lowest BCUT2D eigenvalue weighted by Crippen LogP contribution is -2.30. The summed E-state index contributed by atoms with van der Waals surface area (Å²) in [6.07, 6.45) is 4.66. The van der Waals surface area contributed by atoms with Crippen molar-refractivity contribution in [2.24, 2.45) is 11.8 Å². The average Bonchev–Trinajstić information content (AvgIpc) is 2.32. The highest BCUT2D eigenvalue weighted by Crippen LogP contribution is 2.30. The van der Waals surface area contributed by atoms with Crippen LogP contribution in [-0.4, -0.2) is 5.91 Å². The second kappa shape index (κ2) is 5.67. The van der Waals surface area contributed by atoms with Crippen molar-refractivity contribution in [3.63, 3.8) is 0 Å². The molecule has 2 unspecified atom stereocenters. The fraction of sp³-hybridized carbons (Fsp3) is 0.500. The Balaban J connectivity index is 1.98. The zero-order valence-electron chi connectivity index (χ0n) is 10.1. The van der Waals surface area contributed by atoms with Crippen LogP contribution in [0.15, 0.2) is 28.7 Å². The van der Waals surface area contributed by atoms with E-state index in [-0.39, 0.29) is 11.8 Å². The van der Waals surface area contributed by atoms with Crippen molar-refractivity contribution in [1.29, 1.82) is 0 Å². The van der Waals surface area contributed by atoms with E-state index in [1.807, 2.05) is 24.3 Å². The third-order valence-corrected chi connectivity index (χ3v) is 4.09. The average molecular weight is 296 g/mol. The first-order valence-corrected chi connectivity index (χ1v) is 7.02. The van der Waals surface area contributed by atoms with E-state index in [2.05, 4.69) is 28.2 Å². The summed E-state index contributed by atoms with van der Waals surface area (Å²) in [6, 6.07) is 7.74. The molecule has 1 aliphatic carbocycles. The predicted octanol–water partition coefficient (Wildman–Crippen LogP) is 4.21. The molecule has 0 radical (unpaired) electrons. The van der Waals surface area contributed by atoms with Crippen LogP contribution in [0.25, 0.3) is 0 Å². The predicted molar refractivity (Wildman–Crippen MR) is 73.9 cm³/mol. The number of anilines is 1. The minimum atomic E-state index is 0.180. The Morgan fingerprint density at radius 1 is 1.24 bits per heavy atom. The molecule has 2 atom stereocenters. The molecule has 0 bridgehead atoms. The molecule has 0 heterocycles. The van der Waals surface area contributed by atoms with Gasteiger partial charge in [-0.25, -0.2) is 0 Å². The first-order chi connectivity index (χ1) is 8.16. The van der Waals surface area contributed by atoms with E-state index in [9.17, 15) is 4.79 Å². The van der Waals surface area contributed by atoms with E-state index in [1.54, 1.807) is 0 Å². The van der Waals surface area contributed by atoms with Crippen molar-refractivity contribution in [3.05, 3.63) is 28.7 Å². The largest absolute Gasteiger partial charge is 0.326 e. The summed E-state index contributed by atoms with van der Waals surface area (Å²) in [5.41, 5.74) is 0.885. The summed E-state index contributed by atoms with van der Waals surface area (Å²) < 4.78 is 1.03. The molecule has 17 heavy (non-hydrogen) atoms. The molecule has 0 spiro atoms. The Morgan fingerprint density at radius 3 is 2.53 bits per heavy atom. The molecule has 1 aromatic carbocycles. The van der Waals surface area contributed by atoms with Gasteiger partial charge in [-0.2, -0.15) is 0 Å². The van der Waals surface area contributed by atoms with E-state index in [4.69, 9.17) is 0 Å². The van der Waals surface area contributed by atoms with Gasteiger partial charge in [0.15, 0.2) is 0 Å². The van der Waals surface area contributed by atoms with Gasteiger partial charge >= 0.3 is 0 Å². The number of amides is 1. The van der Waals surface area contributed by atoms with Gasteiger partial charge in [0.1, 0.15) is 0 Å². The fourth-order valence-electron chi connectivity index (χ4n) is 2.47. The van der Waals surface area contributed by atoms with Crippen LogP contribution in [-0.2, 0) is 4.79 Å². The Hall–Kier alpha value is -0.830. The lowest BCUT2D eigenvalue weighted by atomic mass is 9.80. The molecule has 1 amide bonds. The molecule has 92 valence electrons. The summed E-state index contributed by atoms with van der Waals surface area (Å²) >= 11 is 3.39. The first-order valence-electron chi connectivity index (χ1n) is 6.23. The number of hydrogen-bond acceptors (Lipinski definition) is 1. The van der Waals surface area contributed by atoms with Gasteiger partial charge in [-0.15, -0.1) is 0 Å². The Labute approximate surface area is 111 Å². The summed E-state index contributed by atoms with van der Waals surface area (Å²) in [5.74, 6) is 0.881. The molecule has 2 nitrogen and oxygen atoms in total. The van der Waals surface area contributed by atoms with Crippen molar-refractivity contribution in [3.8, 4) is 0 Å². The van der Waals surface area contributed by atoms with Crippen molar-refractivity contribution >= 4 is 27.5 Å². The fourth-order valence-corrected chi connectivity index (χ4v) is 2.74. The maximum atomic E-state index is 12.1. The zero-order valence-corrected chi connectivity index (χ0v) is 11.7. The maximum absolute atomic E-state index is 12.1. The Morgan fingerprint density at radius 2 is 1.88 bits per heavy atom. The lowest BCUT2D eigenvalue weighted by Gasteiger charge is -2.27. The van der Waals surface area contributed by atoms with Gasteiger partial charge in [0.05, 0.1) is 0 Å². The summed E-state index contributed by atoms with van der Waals surface area (Å²) in [6.45, 7) is 2.19. The van der Waals surface area contributed by atoms with Crippen LogP contribution in [0.1, 0.15) is 32.6 Å². The number of carbonyl (C=O) groups excluding carboxylic acids is 1. The minimum absolute atomic E-state index is 0.180. The van der Waals surface area contributed by atoms with Crippen LogP contribution < -0.4 is 5.32 Å². The topological polar surface area (TPSA) is 29.1 Å². The van der Waals surface area contributed by atoms with E-state index in [0.717, 1.165) is 16.6 Å². The van der Waals surface area contributed by atoms with Crippen molar-refractivity contribution in [2.45, 2.75) is 32.6 Å². The molecule has 0 saturated heterocycles. The molecule has 1 N–H and O–H groups in total. The third-order valence-electron chi connectivity index (χ3n) is 3.56. The number of halogens is 1. The Kier molecular flexibility index (Phi) is 4.21. The maximum Gasteiger partial charge on any atom is 0.227 e. The number of benzene rings is 1. The number of nitrogens with one attached hydrogen (secondary N) is 1. The van der Waals surface area contributed by atoms with Crippen LogP contribution in [0.5, 0.6) is 0 Å². The highest BCUT2D eigenvalue weighted by molar-refractivity contribution is 9.10. The first kappa shape index (κ1) is 12.6. The van der Waals surface area contributed by atoms with Gasteiger partial charge in [-0.05, 0) is 43.0 Å². The zero-order chi connectivity index (χ0) is 12.3. The minimum Gasteiger partial charge on any atom is -0.326 e. The molecule has 1 saturated carbocycles. The van der Waals surface area contributed by atoms with Gasteiger partial charge in [0.25, 0.3) is 0 Å². The highest BCUT2D eigenvalue weighted by atomic mass is 79.9. The van der Waals surface area contributed by atoms with Gasteiger partial charge in [0.2, 0.25) is 5.91 Å². The van der Waals surface area contributed by atoms with Crippen LogP contribution in [0.2, 0.25) is 0 Å². The van der Waals surface area contributed by atoms with Gasteiger partial charge < -0.3 is 5.32 Å². The number of carbonyl (C=O) groups is 1. The molecule has 0 aliphatic heterocycles. The van der Waals surface area contributed by atoms with Crippen LogP contribution in [0, 0.1) is 11.8 Å². The van der Waals surface area contributed by atoms with E-state index < -0.39 is 0 Å². The molecule has 1 aliphatic rings. The number of rotatable bonds is 2. The van der Waals surface area contributed by atoms with Gasteiger partial charge in [-0.3, -0.25) is 4.79 Å². The van der Waals surface area contributed by atoms with Crippen molar-refractivity contribution < 1.29 is 4.79 Å². The van der Waals surface area contributed by atoms with E-state index >= 15 is 0 Å². The van der Waals surface area contributed by atoms with Gasteiger partial charge in [0, 0.05) is 16.1 Å². The molecule has 1 fully saturated rings. The van der Waals surface area contributed by atoms with Crippen molar-refractivity contribution in [1.82, 2.24) is 0 Å². The normalized spacial score (nSPS) is 24.4. The smallest absolute Gasteiger partial charge is 0.227 e. The summed E-state index contributed by atoms with van der Waals surface area (Å²) in [4.78, 5) is 12.1. The van der Waals surface area contributed by atoms with E-state index in [1.165, 1.54) is 19.3 Å². The number of hydrogen-bond donors (Lipinski definition) is 1. The molecular formula is C14H18BrNO. The lowest BCUT2D eigenvalue weighted by molar-refractivity contribution is -0.122. The third kappa shape index (κ3) is 3.32. The standard InChI is InChI=1S/C14H18BrNO/c1-10-4-2-3-5-13(10)14(17)16-12-8-6-11(15)7-9-12/h6-10,13H,2-5H2,1H3,(H,16,17). The van der Waals surface area contributed by atoms with Gasteiger partial charge in [-0.1, -0.05) is 35.7 Å². The molecule has 0 aromatic heterocycles. The monoisotopic (exact) mass is 295 g/mol. The SMILES string of the molecule is CC1CCCCC1C(=O)Nc1ccc(Br)cc1. The molecular weight excluding hydrogens is 278 g/mol. The Bertz CT molecular complexity index is 388. The highest BCUT2D eigenvalue weighted by Gasteiger charge is 2.27. The quantitative estimate of drug-likeness (QED) is 0.870. The summed E-state index contributed by atoms with van der Waals surface area (Å²) in [7, 11) is 0. The molecule has 1 aromatic rings. The molecule has 2 rings (SSSR count). The van der Waals surface area contributed by atoms with E-state index in [0.29, 0.717) is 5.92 Å².